The van der Waals surface area contributed by atoms with E-state index in [9.17, 15) is 4.79 Å². The van der Waals surface area contributed by atoms with Gasteiger partial charge >= 0.3 is 0 Å². The first-order chi connectivity index (χ1) is 14.9. The van der Waals surface area contributed by atoms with Gasteiger partial charge in [0.1, 0.15) is 17.4 Å². The molecule has 2 aromatic carbocycles. The summed E-state index contributed by atoms with van der Waals surface area (Å²) in [5.74, 6) is -1.17. The number of methoxy groups -OCH3 is 1. The van der Waals surface area contributed by atoms with Crippen LogP contribution in [-0.2, 0) is 20.1 Å². The van der Waals surface area contributed by atoms with Crippen molar-refractivity contribution in [3.05, 3.63) is 77.2 Å². The lowest BCUT2D eigenvalue weighted by atomic mass is 9.99. The Bertz CT molecular complexity index is 1330. The summed E-state index contributed by atoms with van der Waals surface area (Å²) in [5.41, 5.74) is 2.56. The van der Waals surface area contributed by atoms with Crippen LogP contribution in [0.3, 0.4) is 0 Å². The summed E-state index contributed by atoms with van der Waals surface area (Å²) in [6.45, 7) is 0.0510. The van der Waals surface area contributed by atoms with Crippen molar-refractivity contribution in [1.29, 1.82) is 0 Å². The SMILES string of the molecule is COc1cc(-c2cc(F)c(CN3Cc4ncccc4C3=O)c(F)c2)c2cn(C)nc2c1. The molecule has 0 aliphatic carbocycles. The van der Waals surface area contributed by atoms with E-state index in [1.807, 2.05) is 0 Å². The maximum atomic E-state index is 15.0. The number of nitrogens with zero attached hydrogens (tertiary/aromatic N) is 4. The maximum absolute atomic E-state index is 15.0. The van der Waals surface area contributed by atoms with E-state index >= 15 is 8.78 Å². The second-order valence-corrected chi connectivity index (χ2v) is 7.49. The second kappa shape index (κ2) is 7.16. The number of halogens is 2. The van der Waals surface area contributed by atoms with Crippen LogP contribution in [0.2, 0.25) is 0 Å². The van der Waals surface area contributed by atoms with Gasteiger partial charge in [-0.05, 0) is 41.5 Å². The molecule has 0 fully saturated rings. The van der Waals surface area contributed by atoms with Crippen molar-refractivity contribution in [3.63, 3.8) is 0 Å². The predicted octanol–water partition coefficient (Wildman–Crippen LogP) is 4.08. The first-order valence-corrected chi connectivity index (χ1v) is 9.67. The number of ether oxygens (including phenoxy) is 1. The highest BCUT2D eigenvalue weighted by molar-refractivity contribution is 5.98. The van der Waals surface area contributed by atoms with Crippen LogP contribution in [0.25, 0.3) is 22.0 Å². The van der Waals surface area contributed by atoms with Crippen molar-refractivity contribution >= 4 is 16.8 Å². The number of aromatic nitrogens is 3. The van der Waals surface area contributed by atoms with E-state index in [2.05, 4.69) is 10.1 Å². The molecule has 3 heterocycles. The molecule has 31 heavy (non-hydrogen) atoms. The predicted molar refractivity (Wildman–Crippen MR) is 110 cm³/mol. The molecule has 0 unspecified atom stereocenters. The van der Waals surface area contributed by atoms with Crippen molar-refractivity contribution in [2.75, 3.05) is 7.11 Å². The van der Waals surface area contributed by atoms with Crippen LogP contribution < -0.4 is 4.74 Å². The number of hydrogen-bond donors (Lipinski definition) is 0. The van der Waals surface area contributed by atoms with E-state index in [0.29, 0.717) is 33.7 Å². The summed E-state index contributed by atoms with van der Waals surface area (Å²) in [6.07, 6.45) is 3.39. The Kier molecular flexibility index (Phi) is 4.43. The standard InChI is InChI=1S/C23H18F2N4O2/c1-28-10-17-16(8-14(31-2)9-21(17)27-28)13-6-19(24)18(20(25)7-13)11-29-12-22-15(23(29)30)4-3-5-26-22/h3-10H,11-12H2,1-2H3. The topological polar surface area (TPSA) is 60.2 Å². The first-order valence-electron chi connectivity index (χ1n) is 9.67. The van der Waals surface area contributed by atoms with Crippen LogP contribution in [-0.4, -0.2) is 32.7 Å². The Morgan fingerprint density at radius 1 is 1.13 bits per heavy atom. The summed E-state index contributed by atoms with van der Waals surface area (Å²) in [5, 5.41) is 5.12. The molecule has 8 heteroatoms. The van der Waals surface area contributed by atoms with Crippen LogP contribution in [0.15, 0.2) is 48.8 Å². The van der Waals surface area contributed by atoms with Gasteiger partial charge in [0.25, 0.3) is 5.91 Å². The fourth-order valence-corrected chi connectivity index (χ4v) is 3.98. The minimum absolute atomic E-state index is 0.157. The third-order valence-corrected chi connectivity index (χ3v) is 5.50. The Morgan fingerprint density at radius 2 is 1.90 bits per heavy atom. The summed E-state index contributed by atoms with van der Waals surface area (Å²) in [7, 11) is 3.30. The Labute approximate surface area is 176 Å². The summed E-state index contributed by atoms with van der Waals surface area (Å²) >= 11 is 0. The van der Waals surface area contributed by atoms with Crippen molar-refractivity contribution < 1.29 is 18.3 Å². The molecule has 6 nitrogen and oxygen atoms in total. The number of pyridine rings is 1. The molecular formula is C23H18F2N4O2. The van der Waals surface area contributed by atoms with E-state index < -0.39 is 11.6 Å². The number of hydrogen-bond acceptors (Lipinski definition) is 4. The minimum Gasteiger partial charge on any atom is -0.497 e. The number of amides is 1. The van der Waals surface area contributed by atoms with Crippen LogP contribution >= 0.6 is 0 Å². The number of benzene rings is 2. The molecule has 1 amide bonds. The largest absolute Gasteiger partial charge is 0.497 e. The molecule has 0 saturated heterocycles. The molecule has 0 radical (unpaired) electrons. The molecule has 156 valence electrons. The number of aryl methyl sites for hydroxylation is 1. The summed E-state index contributed by atoms with van der Waals surface area (Å²) in [6, 6.07) is 9.40. The quantitative estimate of drug-likeness (QED) is 0.499. The second-order valence-electron chi connectivity index (χ2n) is 7.49. The zero-order chi connectivity index (χ0) is 21.7. The van der Waals surface area contributed by atoms with Gasteiger partial charge in [0.05, 0.1) is 37.0 Å². The average molecular weight is 420 g/mol. The van der Waals surface area contributed by atoms with Gasteiger partial charge in [0, 0.05) is 36.5 Å². The van der Waals surface area contributed by atoms with Crippen LogP contribution in [0, 0.1) is 11.6 Å². The molecule has 0 saturated carbocycles. The third kappa shape index (κ3) is 3.20. The van der Waals surface area contributed by atoms with Crippen molar-refractivity contribution in [2.24, 2.45) is 7.05 Å². The van der Waals surface area contributed by atoms with Gasteiger partial charge in [0.2, 0.25) is 0 Å². The Hall–Kier alpha value is -3.81. The van der Waals surface area contributed by atoms with Crippen molar-refractivity contribution in [2.45, 2.75) is 13.1 Å². The van der Waals surface area contributed by atoms with Gasteiger partial charge < -0.3 is 9.64 Å². The number of carbonyl (C=O) groups is 1. The molecule has 1 aliphatic rings. The minimum atomic E-state index is -0.716. The van der Waals surface area contributed by atoms with Crippen LogP contribution in [0.1, 0.15) is 21.6 Å². The zero-order valence-corrected chi connectivity index (χ0v) is 16.9. The summed E-state index contributed by atoms with van der Waals surface area (Å²) in [4.78, 5) is 18.1. The highest BCUT2D eigenvalue weighted by atomic mass is 19.1. The maximum Gasteiger partial charge on any atom is 0.256 e. The monoisotopic (exact) mass is 420 g/mol. The molecule has 1 aliphatic heterocycles. The van der Waals surface area contributed by atoms with Gasteiger partial charge in [0.15, 0.2) is 0 Å². The number of rotatable bonds is 4. The van der Waals surface area contributed by atoms with Crippen molar-refractivity contribution in [3.8, 4) is 16.9 Å². The van der Waals surface area contributed by atoms with Gasteiger partial charge in [-0.25, -0.2) is 8.78 Å². The van der Waals surface area contributed by atoms with Gasteiger partial charge in [-0.15, -0.1) is 0 Å². The third-order valence-electron chi connectivity index (χ3n) is 5.50. The zero-order valence-electron chi connectivity index (χ0n) is 16.9. The number of carbonyl (C=O) groups excluding carboxylic acids is 1. The Morgan fingerprint density at radius 3 is 2.61 bits per heavy atom. The molecule has 0 bridgehead atoms. The van der Waals surface area contributed by atoms with E-state index in [0.717, 1.165) is 5.39 Å². The van der Waals surface area contributed by atoms with Crippen molar-refractivity contribution in [1.82, 2.24) is 19.7 Å². The van der Waals surface area contributed by atoms with E-state index in [-0.39, 0.29) is 24.6 Å². The normalized spacial score (nSPS) is 13.2. The lowest BCUT2D eigenvalue weighted by molar-refractivity contribution is 0.0763. The number of fused-ring (bicyclic) bond motifs is 2. The molecular weight excluding hydrogens is 402 g/mol. The molecule has 0 atom stereocenters. The highest BCUT2D eigenvalue weighted by Crippen LogP contribution is 2.34. The highest BCUT2D eigenvalue weighted by Gasteiger charge is 2.29. The van der Waals surface area contributed by atoms with E-state index in [1.165, 1.54) is 24.1 Å². The van der Waals surface area contributed by atoms with Crippen LogP contribution in [0.4, 0.5) is 8.78 Å². The van der Waals surface area contributed by atoms with Gasteiger partial charge in [-0.3, -0.25) is 14.5 Å². The molecule has 2 aromatic heterocycles. The fourth-order valence-electron chi connectivity index (χ4n) is 3.98. The summed E-state index contributed by atoms with van der Waals surface area (Å²) < 4.78 is 37.1. The Balaban J connectivity index is 1.53. The molecule has 0 spiro atoms. The van der Waals surface area contributed by atoms with Gasteiger partial charge in [-0.1, -0.05) is 0 Å². The fraction of sp³-hybridized carbons (Fsp3) is 0.174. The van der Waals surface area contributed by atoms with E-state index in [4.69, 9.17) is 4.74 Å². The molecule has 0 N–H and O–H groups in total. The lowest BCUT2D eigenvalue weighted by Crippen LogP contribution is -2.24. The molecule has 5 rings (SSSR count). The van der Waals surface area contributed by atoms with Gasteiger partial charge in [-0.2, -0.15) is 5.10 Å². The lowest BCUT2D eigenvalue weighted by Gasteiger charge is -2.17. The smallest absolute Gasteiger partial charge is 0.256 e. The molecule has 4 aromatic rings. The average Bonchev–Trinajstić information content (AvgIpc) is 3.28. The first kappa shape index (κ1) is 19.2. The van der Waals surface area contributed by atoms with Crippen LogP contribution in [0.5, 0.6) is 5.75 Å². The van der Waals surface area contributed by atoms with E-state index in [1.54, 1.807) is 48.4 Å².